The highest BCUT2D eigenvalue weighted by atomic mass is 35.5. The van der Waals surface area contributed by atoms with Crippen LogP contribution in [0.5, 0.6) is 0 Å². The van der Waals surface area contributed by atoms with Gasteiger partial charge < -0.3 is 10.2 Å². The molecule has 1 aliphatic heterocycles. The molecule has 3 rings (SSSR count). The van der Waals surface area contributed by atoms with Gasteiger partial charge >= 0.3 is 0 Å². The smallest absolute Gasteiger partial charge is 0.270 e. The van der Waals surface area contributed by atoms with Gasteiger partial charge in [0.1, 0.15) is 17.8 Å². The number of benzene rings is 1. The molecule has 1 aromatic carbocycles. The highest BCUT2D eigenvalue weighted by Gasteiger charge is 2.23. The van der Waals surface area contributed by atoms with Crippen LogP contribution in [0.15, 0.2) is 36.7 Å². The Kier molecular flexibility index (Phi) is 5.87. The van der Waals surface area contributed by atoms with E-state index in [1.165, 1.54) is 19.2 Å². The Hall–Kier alpha value is -2.14. The van der Waals surface area contributed by atoms with Crippen LogP contribution in [0.2, 0.25) is 5.02 Å². The zero-order chi connectivity index (χ0) is 17.6. The number of halogens is 1. The predicted octanol–water partition coefficient (Wildman–Crippen LogP) is 3.83. The molecular formula is C19H23ClN4O. The fourth-order valence-corrected chi connectivity index (χ4v) is 3.47. The fourth-order valence-electron chi connectivity index (χ4n) is 3.26. The summed E-state index contributed by atoms with van der Waals surface area (Å²) in [6.07, 6.45) is 6.15. The molecule has 25 heavy (non-hydrogen) atoms. The second-order valence-corrected chi connectivity index (χ2v) is 6.69. The molecule has 0 spiro atoms. The monoisotopic (exact) mass is 358 g/mol. The van der Waals surface area contributed by atoms with Crippen LogP contribution >= 0.6 is 11.6 Å². The molecule has 1 saturated heterocycles. The average Bonchev–Trinajstić information content (AvgIpc) is 2.67. The van der Waals surface area contributed by atoms with Gasteiger partial charge in [0.15, 0.2) is 0 Å². The van der Waals surface area contributed by atoms with Crippen LogP contribution in [-0.4, -0.2) is 28.5 Å². The molecule has 0 bridgehead atoms. The van der Waals surface area contributed by atoms with Gasteiger partial charge in [0.25, 0.3) is 5.91 Å². The van der Waals surface area contributed by atoms with E-state index in [0.29, 0.717) is 23.3 Å². The van der Waals surface area contributed by atoms with E-state index in [1.54, 1.807) is 6.07 Å². The number of aromatic nitrogens is 2. The van der Waals surface area contributed by atoms with Crippen molar-refractivity contribution in [1.82, 2.24) is 15.3 Å². The minimum absolute atomic E-state index is 0.214. The predicted molar refractivity (Wildman–Crippen MR) is 99.9 cm³/mol. The summed E-state index contributed by atoms with van der Waals surface area (Å²) in [5.41, 5.74) is 1.27. The van der Waals surface area contributed by atoms with Crippen molar-refractivity contribution in [2.75, 3.05) is 11.4 Å². The SMILES string of the molecule is CCC1CCCCN1c1cc(C(=O)NCc2ccccc2Cl)ncn1. The number of rotatable bonds is 5. The van der Waals surface area contributed by atoms with Crippen molar-refractivity contribution >= 4 is 23.3 Å². The number of nitrogens with zero attached hydrogens (tertiary/aromatic N) is 3. The lowest BCUT2D eigenvalue weighted by atomic mass is 10.00. The largest absolute Gasteiger partial charge is 0.354 e. The molecule has 1 aliphatic rings. The third kappa shape index (κ3) is 4.28. The molecular weight excluding hydrogens is 336 g/mol. The van der Waals surface area contributed by atoms with Crippen molar-refractivity contribution in [3.05, 3.63) is 52.9 Å². The van der Waals surface area contributed by atoms with Crippen LogP contribution in [0.25, 0.3) is 0 Å². The number of amides is 1. The number of nitrogens with one attached hydrogen (secondary N) is 1. The zero-order valence-corrected chi connectivity index (χ0v) is 15.2. The lowest BCUT2D eigenvalue weighted by Gasteiger charge is -2.36. The van der Waals surface area contributed by atoms with Crippen LogP contribution < -0.4 is 10.2 Å². The van der Waals surface area contributed by atoms with E-state index in [2.05, 4.69) is 27.1 Å². The number of carbonyl (C=O) groups excluding carboxylic acids is 1. The number of piperidine rings is 1. The van der Waals surface area contributed by atoms with Crippen molar-refractivity contribution in [2.24, 2.45) is 0 Å². The van der Waals surface area contributed by atoms with E-state index in [1.807, 2.05) is 24.3 Å². The molecule has 2 aromatic rings. The highest BCUT2D eigenvalue weighted by molar-refractivity contribution is 6.31. The van der Waals surface area contributed by atoms with Crippen LogP contribution in [0, 0.1) is 0 Å². The lowest BCUT2D eigenvalue weighted by Crippen LogP contribution is -2.39. The lowest BCUT2D eigenvalue weighted by molar-refractivity contribution is 0.0945. The Morgan fingerprint density at radius 1 is 1.32 bits per heavy atom. The first-order valence-corrected chi connectivity index (χ1v) is 9.17. The minimum Gasteiger partial charge on any atom is -0.354 e. The van der Waals surface area contributed by atoms with Gasteiger partial charge in [-0.15, -0.1) is 0 Å². The molecule has 1 atom stereocenters. The van der Waals surface area contributed by atoms with Gasteiger partial charge in [-0.3, -0.25) is 4.79 Å². The average molecular weight is 359 g/mol. The molecule has 6 heteroatoms. The van der Waals surface area contributed by atoms with Crippen molar-refractivity contribution in [3.63, 3.8) is 0 Å². The topological polar surface area (TPSA) is 58.1 Å². The Balaban J connectivity index is 1.70. The van der Waals surface area contributed by atoms with E-state index in [0.717, 1.165) is 30.8 Å². The maximum absolute atomic E-state index is 12.5. The first-order valence-electron chi connectivity index (χ1n) is 8.79. The molecule has 132 valence electrons. The molecule has 5 nitrogen and oxygen atoms in total. The quantitative estimate of drug-likeness (QED) is 0.882. The molecule has 1 N–H and O–H groups in total. The van der Waals surface area contributed by atoms with Gasteiger partial charge in [-0.05, 0) is 37.3 Å². The fraction of sp³-hybridized carbons (Fsp3) is 0.421. The second kappa shape index (κ2) is 8.30. The summed E-state index contributed by atoms with van der Waals surface area (Å²) in [6, 6.07) is 9.75. The van der Waals surface area contributed by atoms with Gasteiger partial charge in [0, 0.05) is 30.2 Å². The van der Waals surface area contributed by atoms with E-state index in [9.17, 15) is 4.79 Å². The Bertz CT molecular complexity index is 737. The van der Waals surface area contributed by atoms with E-state index in [-0.39, 0.29) is 5.91 Å². The van der Waals surface area contributed by atoms with Crippen molar-refractivity contribution < 1.29 is 4.79 Å². The van der Waals surface area contributed by atoms with Gasteiger partial charge in [-0.1, -0.05) is 36.7 Å². The van der Waals surface area contributed by atoms with Gasteiger partial charge in [0.2, 0.25) is 0 Å². The van der Waals surface area contributed by atoms with E-state index >= 15 is 0 Å². The molecule has 1 unspecified atom stereocenters. The first-order chi connectivity index (χ1) is 12.2. The van der Waals surface area contributed by atoms with Gasteiger partial charge in [-0.2, -0.15) is 0 Å². The Morgan fingerprint density at radius 3 is 2.96 bits per heavy atom. The molecule has 0 radical (unpaired) electrons. The highest BCUT2D eigenvalue weighted by Crippen LogP contribution is 2.25. The summed E-state index contributed by atoms with van der Waals surface area (Å²) in [6.45, 7) is 3.55. The first kappa shape index (κ1) is 17.7. The van der Waals surface area contributed by atoms with E-state index in [4.69, 9.17) is 11.6 Å². The van der Waals surface area contributed by atoms with Crippen molar-refractivity contribution in [3.8, 4) is 0 Å². The Morgan fingerprint density at radius 2 is 2.16 bits per heavy atom. The Labute approximate surface area is 153 Å². The zero-order valence-electron chi connectivity index (χ0n) is 14.4. The third-order valence-corrected chi connectivity index (χ3v) is 5.04. The van der Waals surface area contributed by atoms with Crippen LogP contribution in [-0.2, 0) is 6.54 Å². The van der Waals surface area contributed by atoms with Crippen molar-refractivity contribution in [2.45, 2.75) is 45.2 Å². The molecule has 1 amide bonds. The summed E-state index contributed by atoms with van der Waals surface area (Å²) >= 11 is 6.13. The maximum atomic E-state index is 12.5. The molecule has 2 heterocycles. The maximum Gasteiger partial charge on any atom is 0.270 e. The number of hydrogen-bond donors (Lipinski definition) is 1. The van der Waals surface area contributed by atoms with E-state index < -0.39 is 0 Å². The number of hydrogen-bond acceptors (Lipinski definition) is 4. The van der Waals surface area contributed by atoms with Gasteiger partial charge in [-0.25, -0.2) is 9.97 Å². The van der Waals surface area contributed by atoms with Crippen LogP contribution in [0.3, 0.4) is 0 Å². The minimum atomic E-state index is -0.214. The van der Waals surface area contributed by atoms with Crippen LogP contribution in [0.4, 0.5) is 5.82 Å². The molecule has 1 aromatic heterocycles. The summed E-state index contributed by atoms with van der Waals surface area (Å²) in [5.74, 6) is 0.623. The standard InChI is InChI=1S/C19H23ClN4O/c1-2-15-8-5-6-10-24(15)18-11-17(22-13-23-18)19(25)21-12-14-7-3-4-9-16(14)20/h3-4,7,9,11,13,15H,2,5-6,8,10,12H2,1H3,(H,21,25). The second-order valence-electron chi connectivity index (χ2n) is 6.29. The summed E-state index contributed by atoms with van der Waals surface area (Å²) in [5, 5.41) is 3.52. The third-order valence-electron chi connectivity index (χ3n) is 4.68. The summed E-state index contributed by atoms with van der Waals surface area (Å²) in [7, 11) is 0. The summed E-state index contributed by atoms with van der Waals surface area (Å²) < 4.78 is 0. The summed E-state index contributed by atoms with van der Waals surface area (Å²) in [4.78, 5) is 23.3. The van der Waals surface area contributed by atoms with Crippen LogP contribution in [0.1, 0.15) is 48.7 Å². The number of anilines is 1. The molecule has 1 fully saturated rings. The number of carbonyl (C=O) groups is 1. The molecule has 0 saturated carbocycles. The van der Waals surface area contributed by atoms with Gasteiger partial charge in [0.05, 0.1) is 0 Å². The van der Waals surface area contributed by atoms with Crippen molar-refractivity contribution in [1.29, 1.82) is 0 Å². The molecule has 0 aliphatic carbocycles. The normalized spacial score (nSPS) is 17.4.